The highest BCUT2D eigenvalue weighted by Crippen LogP contribution is 2.37. The van der Waals surface area contributed by atoms with Crippen LogP contribution in [0.2, 0.25) is 0 Å². The molecule has 0 bridgehead atoms. The number of rotatable bonds is 5. The van der Waals surface area contributed by atoms with Gasteiger partial charge in [-0.2, -0.15) is 18.4 Å². The molecular weight excluding hydrogens is 381 g/mol. The predicted molar refractivity (Wildman–Crippen MR) is 106 cm³/mol. The molecule has 0 saturated carbocycles. The van der Waals surface area contributed by atoms with E-state index in [1.54, 1.807) is 36.4 Å². The molecule has 0 atom stereocenters. The maximum Gasteiger partial charge on any atom is 0.417 e. The molecule has 0 spiro atoms. The molecule has 0 saturated heterocycles. The fraction of sp³-hybridized carbons (Fsp3) is 0.0909. The highest BCUT2D eigenvalue weighted by Gasteiger charge is 2.36. The molecule has 0 aliphatic heterocycles. The summed E-state index contributed by atoms with van der Waals surface area (Å²) in [5, 5.41) is 9.41. The lowest BCUT2D eigenvalue weighted by atomic mass is 10.1. The number of nitriles is 1. The predicted octanol–water partition coefficient (Wildman–Crippen LogP) is 6.44. The van der Waals surface area contributed by atoms with Gasteiger partial charge in [-0.3, -0.25) is 0 Å². The number of thioether (sulfide) groups is 1. The summed E-state index contributed by atoms with van der Waals surface area (Å²) in [5.41, 5.74) is 0.356. The minimum absolute atomic E-state index is 0.0777. The normalized spacial score (nSPS) is 11.5. The van der Waals surface area contributed by atoms with Crippen LogP contribution in [-0.2, 0) is 6.18 Å². The lowest BCUT2D eigenvalue weighted by Crippen LogP contribution is -2.10. The molecule has 3 aromatic rings. The molecule has 0 aliphatic carbocycles. The van der Waals surface area contributed by atoms with Crippen LogP contribution in [0.15, 0.2) is 77.8 Å². The van der Waals surface area contributed by atoms with Gasteiger partial charge < -0.3 is 0 Å². The lowest BCUT2D eigenvalue weighted by molar-refractivity contribution is -0.138. The topological polar surface area (TPSA) is 36.7 Å². The van der Waals surface area contributed by atoms with Gasteiger partial charge in [0.1, 0.15) is 11.1 Å². The Hall–Kier alpha value is -3.04. The summed E-state index contributed by atoms with van der Waals surface area (Å²) in [7, 11) is 0. The van der Waals surface area contributed by atoms with Crippen LogP contribution in [0.4, 0.5) is 13.2 Å². The zero-order chi connectivity index (χ0) is 20.0. The van der Waals surface area contributed by atoms with E-state index in [0.717, 1.165) is 23.4 Å². The van der Waals surface area contributed by atoms with Crippen molar-refractivity contribution in [2.75, 3.05) is 5.75 Å². The third-order valence-electron chi connectivity index (χ3n) is 3.90. The molecule has 0 N–H and O–H groups in total. The molecular formula is C22H15F3N2S. The van der Waals surface area contributed by atoms with E-state index in [-0.39, 0.29) is 10.7 Å². The first kappa shape index (κ1) is 19.7. The van der Waals surface area contributed by atoms with Gasteiger partial charge in [-0.25, -0.2) is 4.98 Å². The van der Waals surface area contributed by atoms with Crippen molar-refractivity contribution in [3.8, 4) is 17.3 Å². The summed E-state index contributed by atoms with van der Waals surface area (Å²) in [6.45, 7) is 0. The first-order valence-corrected chi connectivity index (χ1v) is 9.40. The van der Waals surface area contributed by atoms with Crippen molar-refractivity contribution in [2.45, 2.75) is 11.2 Å². The zero-order valence-corrected chi connectivity index (χ0v) is 15.5. The summed E-state index contributed by atoms with van der Waals surface area (Å²) >= 11 is 1.11. The Kier molecular flexibility index (Phi) is 6.17. The fourth-order valence-electron chi connectivity index (χ4n) is 2.59. The minimum Gasteiger partial charge on any atom is -0.240 e. The van der Waals surface area contributed by atoms with Crippen LogP contribution >= 0.6 is 11.8 Å². The van der Waals surface area contributed by atoms with Gasteiger partial charge in [0.15, 0.2) is 0 Å². The van der Waals surface area contributed by atoms with Crippen molar-refractivity contribution in [3.05, 3.63) is 89.5 Å². The van der Waals surface area contributed by atoms with E-state index >= 15 is 0 Å². The molecule has 140 valence electrons. The van der Waals surface area contributed by atoms with Crippen LogP contribution in [0.25, 0.3) is 17.3 Å². The van der Waals surface area contributed by atoms with Gasteiger partial charge in [-0.15, -0.1) is 11.8 Å². The van der Waals surface area contributed by atoms with Crippen molar-refractivity contribution in [3.63, 3.8) is 0 Å². The van der Waals surface area contributed by atoms with Crippen LogP contribution in [0, 0.1) is 11.3 Å². The number of pyridine rings is 1. The number of benzene rings is 2. The first-order valence-electron chi connectivity index (χ1n) is 8.41. The van der Waals surface area contributed by atoms with Crippen molar-refractivity contribution < 1.29 is 13.2 Å². The van der Waals surface area contributed by atoms with E-state index in [4.69, 9.17) is 0 Å². The molecule has 0 radical (unpaired) electrons. The largest absolute Gasteiger partial charge is 0.417 e. The molecule has 2 nitrogen and oxygen atoms in total. The fourth-order valence-corrected chi connectivity index (χ4v) is 3.40. The average molecular weight is 396 g/mol. The molecule has 0 aliphatic rings. The number of aromatic nitrogens is 1. The van der Waals surface area contributed by atoms with Crippen molar-refractivity contribution in [1.29, 1.82) is 5.26 Å². The highest BCUT2D eigenvalue weighted by molar-refractivity contribution is 7.99. The second-order valence-corrected chi connectivity index (χ2v) is 6.84. The summed E-state index contributed by atoms with van der Waals surface area (Å²) < 4.78 is 40.6. The van der Waals surface area contributed by atoms with E-state index in [0.29, 0.717) is 11.3 Å². The maximum atomic E-state index is 13.5. The third kappa shape index (κ3) is 4.81. The second-order valence-electron chi connectivity index (χ2n) is 5.83. The molecule has 1 aromatic heterocycles. The standard InChI is InChI=1S/C22H15F3N2S/c23-22(24,25)19-14-20(17-11-5-2-6-12-17)27-21(18(19)15-26)28-13-7-10-16-8-3-1-4-9-16/h1-12,14H,13H2. The number of hydrogen-bond donors (Lipinski definition) is 0. The Balaban J connectivity index is 1.94. The third-order valence-corrected chi connectivity index (χ3v) is 4.83. The second kappa shape index (κ2) is 8.77. The van der Waals surface area contributed by atoms with E-state index < -0.39 is 17.3 Å². The Bertz CT molecular complexity index is 1010. The van der Waals surface area contributed by atoms with Crippen LogP contribution in [0.5, 0.6) is 0 Å². The molecule has 6 heteroatoms. The van der Waals surface area contributed by atoms with Crippen LogP contribution < -0.4 is 0 Å². The summed E-state index contributed by atoms with van der Waals surface area (Å²) in [4.78, 5) is 4.34. The van der Waals surface area contributed by atoms with Crippen LogP contribution in [-0.4, -0.2) is 10.7 Å². The van der Waals surface area contributed by atoms with Crippen molar-refractivity contribution in [2.24, 2.45) is 0 Å². The Labute approximate surface area is 165 Å². The van der Waals surface area contributed by atoms with Crippen LogP contribution in [0.3, 0.4) is 0 Å². The summed E-state index contributed by atoms with van der Waals surface area (Å²) in [6, 6.07) is 20.8. The van der Waals surface area contributed by atoms with Gasteiger partial charge in [-0.05, 0) is 11.6 Å². The monoisotopic (exact) mass is 396 g/mol. The number of alkyl halides is 3. The Morgan fingerprint density at radius 3 is 2.25 bits per heavy atom. The number of halogens is 3. The molecule has 2 aromatic carbocycles. The van der Waals surface area contributed by atoms with E-state index in [1.165, 1.54) is 0 Å². The Morgan fingerprint density at radius 1 is 1.00 bits per heavy atom. The molecule has 1 heterocycles. The quantitative estimate of drug-likeness (QED) is 0.465. The SMILES string of the molecule is N#Cc1c(C(F)(F)F)cc(-c2ccccc2)nc1SCC=Cc1ccccc1. The van der Waals surface area contributed by atoms with E-state index in [9.17, 15) is 18.4 Å². The van der Waals surface area contributed by atoms with Gasteiger partial charge in [-0.1, -0.05) is 72.8 Å². The maximum absolute atomic E-state index is 13.5. The van der Waals surface area contributed by atoms with Crippen molar-refractivity contribution in [1.82, 2.24) is 4.98 Å². The molecule has 28 heavy (non-hydrogen) atoms. The summed E-state index contributed by atoms with van der Waals surface area (Å²) in [6.07, 6.45) is -0.914. The minimum atomic E-state index is -4.63. The number of hydrogen-bond acceptors (Lipinski definition) is 3. The first-order chi connectivity index (χ1) is 13.5. The molecule has 3 rings (SSSR count). The Morgan fingerprint density at radius 2 is 1.64 bits per heavy atom. The van der Waals surface area contributed by atoms with Gasteiger partial charge >= 0.3 is 6.18 Å². The molecule has 0 unspecified atom stereocenters. The van der Waals surface area contributed by atoms with Gasteiger partial charge in [0.2, 0.25) is 0 Å². The smallest absolute Gasteiger partial charge is 0.240 e. The van der Waals surface area contributed by atoms with Gasteiger partial charge in [0.25, 0.3) is 0 Å². The molecule has 0 amide bonds. The molecule has 0 fully saturated rings. The van der Waals surface area contributed by atoms with Crippen molar-refractivity contribution >= 4 is 17.8 Å². The highest BCUT2D eigenvalue weighted by atomic mass is 32.2. The van der Waals surface area contributed by atoms with E-state index in [1.807, 2.05) is 42.5 Å². The van der Waals surface area contributed by atoms with Gasteiger partial charge in [0, 0.05) is 11.3 Å². The number of nitrogens with zero attached hydrogens (tertiary/aromatic N) is 2. The zero-order valence-electron chi connectivity index (χ0n) is 14.6. The van der Waals surface area contributed by atoms with E-state index in [2.05, 4.69) is 4.98 Å². The summed E-state index contributed by atoms with van der Waals surface area (Å²) in [5.74, 6) is 0.395. The lowest BCUT2D eigenvalue weighted by Gasteiger charge is -2.14. The van der Waals surface area contributed by atoms with Gasteiger partial charge in [0.05, 0.1) is 16.8 Å². The average Bonchev–Trinajstić information content (AvgIpc) is 2.71. The van der Waals surface area contributed by atoms with Crippen LogP contribution in [0.1, 0.15) is 16.7 Å².